The van der Waals surface area contributed by atoms with Gasteiger partial charge in [0.05, 0.1) is 0 Å². The zero-order valence-corrected chi connectivity index (χ0v) is 12.8. The highest BCUT2D eigenvalue weighted by atomic mass is 35.5. The average Bonchev–Trinajstić information content (AvgIpc) is 2.40. The second-order valence-electron chi connectivity index (χ2n) is 5.02. The van der Waals surface area contributed by atoms with E-state index >= 15 is 0 Å². The van der Waals surface area contributed by atoms with Gasteiger partial charge in [-0.25, -0.2) is 4.39 Å². The van der Waals surface area contributed by atoms with Crippen molar-refractivity contribution in [3.8, 4) is 0 Å². The molecule has 0 saturated carbocycles. The van der Waals surface area contributed by atoms with Crippen LogP contribution in [0.5, 0.6) is 0 Å². The molecule has 0 amide bonds. The number of likely N-dealkylation sites (N-methyl/N-ethyl adjacent to an activating group) is 1. The second kappa shape index (κ2) is 7.83. The summed E-state index contributed by atoms with van der Waals surface area (Å²) >= 11 is 6.15. The van der Waals surface area contributed by atoms with Crippen LogP contribution in [-0.4, -0.2) is 24.5 Å². The predicted octanol–water partition coefficient (Wildman–Crippen LogP) is 3.85. The van der Waals surface area contributed by atoms with E-state index in [4.69, 9.17) is 17.3 Å². The minimum atomic E-state index is -0.311. The third-order valence-electron chi connectivity index (χ3n) is 3.63. The normalized spacial score (nSPS) is 14.7. The molecule has 1 aromatic carbocycles. The van der Waals surface area contributed by atoms with E-state index in [9.17, 15) is 4.39 Å². The van der Waals surface area contributed by atoms with Gasteiger partial charge in [0, 0.05) is 24.2 Å². The van der Waals surface area contributed by atoms with Gasteiger partial charge in [-0.3, -0.25) is 4.90 Å². The summed E-state index contributed by atoms with van der Waals surface area (Å²) in [6, 6.07) is 4.60. The number of nitrogens with zero attached hydrogens (tertiary/aromatic N) is 1. The highest BCUT2D eigenvalue weighted by Gasteiger charge is 2.21. The molecule has 2 nitrogen and oxygen atoms in total. The molecule has 2 unspecified atom stereocenters. The Morgan fingerprint density at radius 1 is 1.37 bits per heavy atom. The minimum Gasteiger partial charge on any atom is -0.329 e. The van der Waals surface area contributed by atoms with Crippen LogP contribution in [0.3, 0.4) is 0 Å². The van der Waals surface area contributed by atoms with E-state index in [1.165, 1.54) is 12.1 Å². The van der Waals surface area contributed by atoms with Gasteiger partial charge in [-0.05, 0) is 30.2 Å². The Hall–Kier alpha value is -0.640. The lowest BCUT2D eigenvalue weighted by Crippen LogP contribution is -2.36. The van der Waals surface area contributed by atoms with E-state index in [1.54, 1.807) is 6.07 Å². The maximum absolute atomic E-state index is 13.1. The fourth-order valence-corrected chi connectivity index (χ4v) is 2.54. The predicted molar refractivity (Wildman–Crippen MR) is 79.9 cm³/mol. The first-order chi connectivity index (χ1) is 9.03. The molecule has 19 heavy (non-hydrogen) atoms. The SMILES string of the molecule is CCC(C)CN(CC)C(CN)c1ccc(F)cc1Cl. The molecular formula is C15H24ClFN2. The van der Waals surface area contributed by atoms with Crippen LogP contribution in [-0.2, 0) is 0 Å². The van der Waals surface area contributed by atoms with Gasteiger partial charge in [0.25, 0.3) is 0 Å². The van der Waals surface area contributed by atoms with Crippen LogP contribution in [0.4, 0.5) is 4.39 Å². The largest absolute Gasteiger partial charge is 0.329 e. The molecule has 2 N–H and O–H groups in total. The smallest absolute Gasteiger partial charge is 0.124 e. The van der Waals surface area contributed by atoms with Gasteiger partial charge in [0.15, 0.2) is 0 Å². The first kappa shape index (κ1) is 16.4. The minimum absolute atomic E-state index is 0.0482. The van der Waals surface area contributed by atoms with E-state index in [2.05, 4.69) is 25.7 Å². The molecule has 1 rings (SSSR count). The van der Waals surface area contributed by atoms with Crippen molar-refractivity contribution in [3.05, 3.63) is 34.6 Å². The number of benzene rings is 1. The van der Waals surface area contributed by atoms with Gasteiger partial charge in [-0.15, -0.1) is 0 Å². The van der Waals surface area contributed by atoms with Gasteiger partial charge in [0.1, 0.15) is 5.82 Å². The lowest BCUT2D eigenvalue weighted by Gasteiger charge is -2.32. The van der Waals surface area contributed by atoms with Crippen molar-refractivity contribution in [2.45, 2.75) is 33.2 Å². The maximum Gasteiger partial charge on any atom is 0.124 e. The Bertz CT molecular complexity index is 398. The Balaban J connectivity index is 2.96. The van der Waals surface area contributed by atoms with Crippen molar-refractivity contribution in [1.29, 1.82) is 0 Å². The Labute approximate surface area is 120 Å². The third-order valence-corrected chi connectivity index (χ3v) is 3.96. The zero-order chi connectivity index (χ0) is 14.4. The number of hydrogen-bond acceptors (Lipinski definition) is 2. The molecule has 108 valence electrons. The van der Waals surface area contributed by atoms with Crippen molar-refractivity contribution < 1.29 is 4.39 Å². The summed E-state index contributed by atoms with van der Waals surface area (Å²) in [6.45, 7) is 8.88. The number of halogens is 2. The first-order valence-corrected chi connectivity index (χ1v) is 7.30. The standard InChI is InChI=1S/C15H24ClFN2/c1-4-11(3)10-19(5-2)15(9-18)13-7-6-12(17)8-14(13)16/h6-8,11,15H,4-5,9-10,18H2,1-3H3. The molecule has 2 atom stereocenters. The summed E-state index contributed by atoms with van der Waals surface area (Å²) < 4.78 is 13.1. The van der Waals surface area contributed by atoms with Crippen molar-refractivity contribution in [2.75, 3.05) is 19.6 Å². The molecule has 0 heterocycles. The first-order valence-electron chi connectivity index (χ1n) is 6.92. The van der Waals surface area contributed by atoms with Crippen molar-refractivity contribution in [2.24, 2.45) is 11.7 Å². The number of hydrogen-bond donors (Lipinski definition) is 1. The lowest BCUT2D eigenvalue weighted by atomic mass is 10.0. The summed E-state index contributed by atoms with van der Waals surface area (Å²) in [6.07, 6.45) is 1.13. The summed E-state index contributed by atoms with van der Waals surface area (Å²) in [5.74, 6) is 0.294. The molecule has 1 aromatic rings. The molecule has 0 saturated heterocycles. The molecule has 0 radical (unpaired) electrons. The van der Waals surface area contributed by atoms with E-state index < -0.39 is 0 Å². The molecular weight excluding hydrogens is 263 g/mol. The molecule has 0 spiro atoms. The summed E-state index contributed by atoms with van der Waals surface area (Å²) in [5.41, 5.74) is 6.82. The van der Waals surface area contributed by atoms with Gasteiger partial charge < -0.3 is 5.73 Å². The molecule has 0 aromatic heterocycles. The van der Waals surface area contributed by atoms with Crippen molar-refractivity contribution in [1.82, 2.24) is 4.90 Å². The molecule has 0 bridgehead atoms. The van der Waals surface area contributed by atoms with Crippen LogP contribution in [0, 0.1) is 11.7 Å². The van der Waals surface area contributed by atoms with Crippen LogP contribution < -0.4 is 5.73 Å². The quantitative estimate of drug-likeness (QED) is 0.825. The second-order valence-corrected chi connectivity index (χ2v) is 5.43. The van der Waals surface area contributed by atoms with E-state index in [-0.39, 0.29) is 11.9 Å². The Kier molecular flexibility index (Phi) is 6.76. The molecule has 0 aliphatic heterocycles. The van der Waals surface area contributed by atoms with Gasteiger partial charge in [0.2, 0.25) is 0 Å². The van der Waals surface area contributed by atoms with Crippen molar-refractivity contribution >= 4 is 11.6 Å². The fraction of sp³-hybridized carbons (Fsp3) is 0.600. The van der Waals surface area contributed by atoms with E-state index in [0.717, 1.165) is 25.1 Å². The van der Waals surface area contributed by atoms with E-state index in [1.807, 2.05) is 0 Å². The summed E-state index contributed by atoms with van der Waals surface area (Å²) in [4.78, 5) is 2.31. The van der Waals surface area contributed by atoms with Gasteiger partial charge in [-0.1, -0.05) is 44.9 Å². The third kappa shape index (κ3) is 4.44. The van der Waals surface area contributed by atoms with Crippen LogP contribution in [0.2, 0.25) is 5.02 Å². The molecule has 4 heteroatoms. The van der Waals surface area contributed by atoms with Crippen LogP contribution in [0.1, 0.15) is 38.8 Å². The number of nitrogens with two attached hydrogens (primary N) is 1. The molecule has 0 aliphatic rings. The number of rotatable bonds is 7. The zero-order valence-electron chi connectivity index (χ0n) is 12.0. The fourth-order valence-electron chi connectivity index (χ4n) is 2.25. The highest BCUT2D eigenvalue weighted by molar-refractivity contribution is 6.31. The van der Waals surface area contributed by atoms with Crippen LogP contribution >= 0.6 is 11.6 Å². The van der Waals surface area contributed by atoms with E-state index in [0.29, 0.717) is 17.5 Å². The maximum atomic E-state index is 13.1. The van der Waals surface area contributed by atoms with Crippen LogP contribution in [0.25, 0.3) is 0 Å². The summed E-state index contributed by atoms with van der Waals surface area (Å²) in [7, 11) is 0. The molecule has 0 fully saturated rings. The van der Waals surface area contributed by atoms with Gasteiger partial charge >= 0.3 is 0 Å². The lowest BCUT2D eigenvalue weighted by molar-refractivity contribution is 0.182. The Morgan fingerprint density at radius 3 is 2.53 bits per heavy atom. The highest BCUT2D eigenvalue weighted by Crippen LogP contribution is 2.28. The monoisotopic (exact) mass is 286 g/mol. The Morgan fingerprint density at radius 2 is 2.05 bits per heavy atom. The summed E-state index contributed by atoms with van der Waals surface area (Å²) in [5, 5.41) is 0.457. The van der Waals surface area contributed by atoms with Gasteiger partial charge in [-0.2, -0.15) is 0 Å². The molecule has 0 aliphatic carbocycles. The topological polar surface area (TPSA) is 29.3 Å². The van der Waals surface area contributed by atoms with Crippen molar-refractivity contribution in [3.63, 3.8) is 0 Å². The average molecular weight is 287 g/mol. The van der Waals surface area contributed by atoms with Crippen LogP contribution in [0.15, 0.2) is 18.2 Å².